The number of aromatic nitrogens is 1. The zero-order valence-corrected chi connectivity index (χ0v) is 21.1. The molecule has 1 fully saturated rings. The first-order valence-electron chi connectivity index (χ1n) is 11.8. The zero-order chi connectivity index (χ0) is 27.8. The number of methoxy groups -OCH3 is 1. The molecule has 202 valence electrons. The summed E-state index contributed by atoms with van der Waals surface area (Å²) in [7, 11) is 1.16. The Kier molecular flexibility index (Phi) is 7.21. The lowest BCUT2D eigenvalue weighted by Gasteiger charge is -2.18. The summed E-state index contributed by atoms with van der Waals surface area (Å²) in [4.78, 5) is 30.7. The number of pyridine rings is 1. The molecule has 0 bridgehead atoms. The number of benzene rings is 2. The molecule has 0 aliphatic heterocycles. The predicted octanol–water partition coefficient (Wildman–Crippen LogP) is 7.13. The predicted molar refractivity (Wildman–Crippen MR) is 133 cm³/mol. The number of nitrogens with one attached hydrogen (secondary N) is 1. The molecule has 1 aliphatic rings. The fraction of sp³-hybridized carbons (Fsp3) is 0.222. The maximum Gasteiger partial charge on any atom is 0.349 e. The number of anilines is 1. The molecule has 2 heterocycles. The number of rotatable bonds is 6. The van der Waals surface area contributed by atoms with E-state index < -0.39 is 52.3 Å². The van der Waals surface area contributed by atoms with Crippen molar-refractivity contribution in [3.63, 3.8) is 0 Å². The summed E-state index contributed by atoms with van der Waals surface area (Å²) in [5.74, 6) is -15.4. The summed E-state index contributed by atoms with van der Waals surface area (Å²) in [6, 6.07) is 6.35. The first-order valence-corrected chi connectivity index (χ1v) is 12.7. The minimum absolute atomic E-state index is 0.115. The van der Waals surface area contributed by atoms with Gasteiger partial charge in [-0.1, -0.05) is 25.0 Å². The van der Waals surface area contributed by atoms with Gasteiger partial charge in [0.05, 0.1) is 23.9 Å². The number of hydrogen-bond donors (Lipinski definition) is 1. The highest BCUT2D eigenvalue weighted by Crippen LogP contribution is 2.39. The third kappa shape index (κ3) is 4.80. The number of carbonyl (C=O) groups excluding carboxylic acids is 2. The molecule has 1 amide bonds. The Morgan fingerprint density at radius 1 is 0.974 bits per heavy atom. The van der Waals surface area contributed by atoms with Gasteiger partial charge in [-0.3, -0.25) is 4.79 Å². The SMILES string of the molecule is COc1nc2c(C(=O)Nc3ccsc3)c(C3CCCC3)ccc2cc1C(=O)Oc1c(F)c(F)c(F)c(F)c1F. The fourth-order valence-electron chi connectivity index (χ4n) is 4.71. The van der Waals surface area contributed by atoms with Gasteiger partial charge in [0.1, 0.15) is 5.56 Å². The average Bonchev–Trinajstić information content (AvgIpc) is 3.66. The van der Waals surface area contributed by atoms with Crippen molar-refractivity contribution in [1.82, 2.24) is 4.98 Å². The van der Waals surface area contributed by atoms with Crippen LogP contribution in [0.4, 0.5) is 27.6 Å². The van der Waals surface area contributed by atoms with Crippen LogP contribution >= 0.6 is 11.3 Å². The molecule has 2 aromatic heterocycles. The molecule has 0 unspecified atom stereocenters. The van der Waals surface area contributed by atoms with Crippen LogP contribution in [0.3, 0.4) is 0 Å². The highest BCUT2D eigenvalue weighted by atomic mass is 32.1. The van der Waals surface area contributed by atoms with Gasteiger partial charge in [-0.2, -0.15) is 20.1 Å². The van der Waals surface area contributed by atoms with E-state index in [4.69, 9.17) is 4.74 Å². The summed E-state index contributed by atoms with van der Waals surface area (Å²) >= 11 is 1.40. The Hall–Kier alpha value is -4.06. The number of hydrogen-bond acceptors (Lipinski definition) is 6. The molecule has 0 atom stereocenters. The lowest BCUT2D eigenvalue weighted by atomic mass is 9.90. The molecule has 0 spiro atoms. The first kappa shape index (κ1) is 26.5. The van der Waals surface area contributed by atoms with Gasteiger partial charge in [-0.05, 0) is 41.8 Å². The van der Waals surface area contributed by atoms with Crippen molar-refractivity contribution in [2.75, 3.05) is 12.4 Å². The minimum atomic E-state index is -2.39. The number of esters is 1. The normalized spacial score (nSPS) is 13.6. The molecule has 4 aromatic rings. The summed E-state index contributed by atoms with van der Waals surface area (Å²) in [5.41, 5.74) is 1.40. The zero-order valence-electron chi connectivity index (χ0n) is 20.2. The summed E-state index contributed by atoms with van der Waals surface area (Å²) in [6.45, 7) is 0. The fourth-order valence-corrected chi connectivity index (χ4v) is 5.30. The quantitative estimate of drug-likeness (QED) is 0.0890. The largest absolute Gasteiger partial charge is 0.480 e. The summed E-state index contributed by atoms with van der Waals surface area (Å²) in [5, 5.41) is 6.70. The maximum absolute atomic E-state index is 14.1. The van der Waals surface area contributed by atoms with Crippen molar-refractivity contribution in [3.8, 4) is 11.6 Å². The van der Waals surface area contributed by atoms with Crippen molar-refractivity contribution < 1.29 is 41.0 Å². The topological polar surface area (TPSA) is 77.5 Å². The number of fused-ring (bicyclic) bond motifs is 1. The Labute approximate surface area is 222 Å². The number of thiophene rings is 1. The number of amides is 1. The number of halogens is 5. The van der Waals surface area contributed by atoms with Gasteiger partial charge in [0.25, 0.3) is 5.91 Å². The van der Waals surface area contributed by atoms with E-state index in [9.17, 15) is 31.5 Å². The van der Waals surface area contributed by atoms with E-state index in [-0.39, 0.29) is 28.3 Å². The molecule has 39 heavy (non-hydrogen) atoms. The molecule has 1 aliphatic carbocycles. The first-order chi connectivity index (χ1) is 18.7. The van der Waals surface area contributed by atoms with Gasteiger partial charge in [0.15, 0.2) is 0 Å². The van der Waals surface area contributed by atoms with Gasteiger partial charge in [-0.25, -0.2) is 22.9 Å². The van der Waals surface area contributed by atoms with Crippen molar-refractivity contribution in [1.29, 1.82) is 0 Å². The molecule has 12 heteroatoms. The minimum Gasteiger partial charge on any atom is -0.480 e. The van der Waals surface area contributed by atoms with Crippen molar-refractivity contribution in [2.24, 2.45) is 0 Å². The van der Waals surface area contributed by atoms with Crippen molar-refractivity contribution >= 4 is 39.8 Å². The van der Waals surface area contributed by atoms with Crippen molar-refractivity contribution in [3.05, 3.63) is 80.8 Å². The third-order valence-electron chi connectivity index (χ3n) is 6.56. The van der Waals surface area contributed by atoms with E-state index in [0.29, 0.717) is 5.69 Å². The van der Waals surface area contributed by atoms with Gasteiger partial charge in [0.2, 0.25) is 40.7 Å². The number of ether oxygens (including phenoxy) is 2. The molecular weight excluding hydrogens is 543 g/mol. The molecule has 2 aromatic carbocycles. The lowest BCUT2D eigenvalue weighted by Crippen LogP contribution is -2.18. The second-order valence-corrected chi connectivity index (χ2v) is 9.66. The van der Waals surface area contributed by atoms with Crippen LogP contribution in [0.1, 0.15) is 57.9 Å². The van der Waals surface area contributed by atoms with E-state index in [2.05, 4.69) is 15.0 Å². The number of carbonyl (C=O) groups is 2. The Morgan fingerprint density at radius 3 is 2.26 bits per heavy atom. The molecule has 1 saturated carbocycles. The second-order valence-electron chi connectivity index (χ2n) is 8.88. The monoisotopic (exact) mass is 562 g/mol. The molecule has 1 N–H and O–H groups in total. The van der Waals surface area contributed by atoms with Gasteiger partial charge >= 0.3 is 5.97 Å². The van der Waals surface area contributed by atoms with E-state index in [1.54, 1.807) is 29.0 Å². The molecule has 6 nitrogen and oxygen atoms in total. The highest BCUT2D eigenvalue weighted by Gasteiger charge is 2.31. The van der Waals surface area contributed by atoms with Gasteiger partial charge < -0.3 is 14.8 Å². The molecular formula is C27H19F5N2O4S. The van der Waals surface area contributed by atoms with E-state index in [1.807, 2.05) is 0 Å². The summed E-state index contributed by atoms with van der Waals surface area (Å²) < 4.78 is 78.6. The van der Waals surface area contributed by atoms with Crippen LogP contribution in [0.2, 0.25) is 0 Å². The van der Waals surface area contributed by atoms with E-state index in [0.717, 1.165) is 38.4 Å². The Bertz CT molecular complexity index is 1580. The van der Waals surface area contributed by atoms with Gasteiger partial charge in [-0.15, -0.1) is 0 Å². The van der Waals surface area contributed by atoms with Crippen LogP contribution in [-0.4, -0.2) is 24.0 Å². The smallest absolute Gasteiger partial charge is 0.349 e. The average molecular weight is 563 g/mol. The second kappa shape index (κ2) is 10.6. The van der Waals surface area contributed by atoms with Crippen LogP contribution in [0.15, 0.2) is 35.0 Å². The highest BCUT2D eigenvalue weighted by molar-refractivity contribution is 7.08. The molecule has 5 rings (SSSR count). The summed E-state index contributed by atoms with van der Waals surface area (Å²) in [6.07, 6.45) is 3.78. The standard InChI is InChI=1S/C27H19F5N2O4S/c1-37-26-16(27(36)38-24-21(31)19(29)18(28)20(30)22(24)32)10-13-6-7-15(12-4-2-3-5-12)17(23(13)34-26)25(35)33-14-8-9-39-11-14/h6-12H,2-5H2,1H3,(H,33,35). The van der Waals surface area contributed by atoms with E-state index in [1.165, 1.54) is 17.4 Å². The number of nitrogens with zero attached hydrogens (tertiary/aromatic N) is 1. The van der Waals surface area contributed by atoms with Crippen LogP contribution in [-0.2, 0) is 0 Å². The van der Waals surface area contributed by atoms with Crippen LogP contribution in [0.5, 0.6) is 11.6 Å². The Morgan fingerprint density at radius 2 is 1.64 bits per heavy atom. The van der Waals surface area contributed by atoms with Crippen LogP contribution in [0.25, 0.3) is 10.9 Å². The maximum atomic E-state index is 14.1. The Balaban J connectivity index is 1.61. The molecule has 0 saturated heterocycles. The van der Waals surface area contributed by atoms with Crippen LogP contribution in [0, 0.1) is 29.1 Å². The van der Waals surface area contributed by atoms with E-state index >= 15 is 0 Å². The third-order valence-corrected chi connectivity index (χ3v) is 7.25. The molecule has 0 radical (unpaired) electrons. The van der Waals surface area contributed by atoms with Gasteiger partial charge in [0, 0.05) is 10.8 Å². The van der Waals surface area contributed by atoms with Crippen LogP contribution < -0.4 is 14.8 Å². The van der Waals surface area contributed by atoms with Crippen molar-refractivity contribution in [2.45, 2.75) is 31.6 Å². The lowest BCUT2D eigenvalue weighted by molar-refractivity contribution is 0.0711.